The maximum Gasteiger partial charge on any atom is 0.305 e. The first-order valence-electron chi connectivity index (χ1n) is 6.90. The van der Waals surface area contributed by atoms with E-state index in [0.29, 0.717) is 18.5 Å². The first-order valence-corrected chi connectivity index (χ1v) is 6.90. The molecule has 2 amide bonds. The number of hydrogen-bond acceptors (Lipinski definition) is 3. The van der Waals surface area contributed by atoms with Crippen molar-refractivity contribution in [1.82, 2.24) is 5.32 Å². The second-order valence-corrected chi connectivity index (χ2v) is 5.17. The van der Waals surface area contributed by atoms with Gasteiger partial charge in [-0.1, -0.05) is 0 Å². The molecule has 1 unspecified atom stereocenters. The van der Waals surface area contributed by atoms with E-state index >= 15 is 0 Å². The lowest BCUT2D eigenvalue weighted by Gasteiger charge is -2.16. The molecule has 6 nitrogen and oxygen atoms in total. The van der Waals surface area contributed by atoms with Crippen molar-refractivity contribution in [1.29, 1.82) is 0 Å². The minimum absolute atomic E-state index is 0.0993. The summed E-state index contributed by atoms with van der Waals surface area (Å²) >= 11 is 0. The predicted molar refractivity (Wildman–Crippen MR) is 77.2 cm³/mol. The largest absolute Gasteiger partial charge is 0.481 e. The van der Waals surface area contributed by atoms with Crippen LogP contribution in [0, 0.1) is 0 Å². The van der Waals surface area contributed by atoms with Crippen LogP contribution in [0.15, 0.2) is 24.3 Å². The molecule has 21 heavy (non-hydrogen) atoms. The zero-order valence-electron chi connectivity index (χ0n) is 11.8. The zero-order chi connectivity index (χ0) is 15.4. The molecule has 112 valence electrons. The molecule has 0 radical (unpaired) electrons. The summed E-state index contributed by atoms with van der Waals surface area (Å²) in [7, 11) is 0. The molecule has 1 saturated heterocycles. The lowest BCUT2D eigenvalue weighted by Crippen LogP contribution is -2.34. The monoisotopic (exact) mass is 290 g/mol. The van der Waals surface area contributed by atoms with Crippen molar-refractivity contribution >= 4 is 23.5 Å². The van der Waals surface area contributed by atoms with E-state index in [2.05, 4.69) is 5.32 Å². The van der Waals surface area contributed by atoms with Crippen LogP contribution in [0.2, 0.25) is 0 Å². The lowest BCUT2D eigenvalue weighted by atomic mass is 10.1. The van der Waals surface area contributed by atoms with E-state index < -0.39 is 12.0 Å². The van der Waals surface area contributed by atoms with Crippen molar-refractivity contribution < 1.29 is 19.5 Å². The number of carbonyl (C=O) groups is 3. The number of rotatable bonds is 5. The fourth-order valence-corrected chi connectivity index (χ4v) is 2.33. The number of carbonyl (C=O) groups excluding carboxylic acids is 2. The fraction of sp³-hybridized carbons (Fsp3) is 0.400. The van der Waals surface area contributed by atoms with Gasteiger partial charge in [-0.2, -0.15) is 0 Å². The second kappa shape index (κ2) is 6.39. The predicted octanol–water partition coefficient (Wildman–Crippen LogP) is 1.41. The summed E-state index contributed by atoms with van der Waals surface area (Å²) < 4.78 is 0. The number of nitrogens with one attached hydrogen (secondary N) is 1. The van der Waals surface area contributed by atoms with Crippen molar-refractivity contribution in [2.24, 2.45) is 0 Å². The van der Waals surface area contributed by atoms with Gasteiger partial charge in [0.1, 0.15) is 0 Å². The first-order chi connectivity index (χ1) is 9.97. The number of nitrogens with zero attached hydrogens (tertiary/aromatic N) is 1. The van der Waals surface area contributed by atoms with Crippen LogP contribution in [0.4, 0.5) is 5.69 Å². The van der Waals surface area contributed by atoms with Gasteiger partial charge in [0.15, 0.2) is 0 Å². The molecule has 0 aliphatic carbocycles. The van der Waals surface area contributed by atoms with Gasteiger partial charge >= 0.3 is 5.97 Å². The molecule has 6 heteroatoms. The summed E-state index contributed by atoms with van der Waals surface area (Å²) in [5.74, 6) is -1.17. The van der Waals surface area contributed by atoms with Crippen molar-refractivity contribution in [3.05, 3.63) is 29.8 Å². The average molecular weight is 290 g/mol. The smallest absolute Gasteiger partial charge is 0.305 e. The highest BCUT2D eigenvalue weighted by Gasteiger charge is 2.21. The van der Waals surface area contributed by atoms with Crippen LogP contribution >= 0.6 is 0 Å². The van der Waals surface area contributed by atoms with Crippen molar-refractivity contribution in [3.8, 4) is 0 Å². The molecule has 1 atom stereocenters. The highest BCUT2D eigenvalue weighted by Crippen LogP contribution is 2.21. The van der Waals surface area contributed by atoms with E-state index in [9.17, 15) is 14.4 Å². The van der Waals surface area contributed by atoms with Crippen LogP contribution in [0.3, 0.4) is 0 Å². The van der Waals surface area contributed by atoms with Gasteiger partial charge in [0, 0.05) is 30.3 Å². The molecule has 2 rings (SSSR count). The Morgan fingerprint density at radius 1 is 1.33 bits per heavy atom. The van der Waals surface area contributed by atoms with Gasteiger partial charge < -0.3 is 15.3 Å². The van der Waals surface area contributed by atoms with Gasteiger partial charge in [-0.15, -0.1) is 0 Å². The van der Waals surface area contributed by atoms with Gasteiger partial charge in [0.2, 0.25) is 5.91 Å². The summed E-state index contributed by atoms with van der Waals surface area (Å²) in [6.07, 6.45) is 1.30. The summed E-state index contributed by atoms with van der Waals surface area (Å²) in [6.45, 7) is 2.35. The summed E-state index contributed by atoms with van der Waals surface area (Å²) in [6, 6.07) is 6.32. The average Bonchev–Trinajstić information content (AvgIpc) is 2.84. The Bertz CT molecular complexity index is 553. The van der Waals surface area contributed by atoms with Crippen LogP contribution in [0.1, 0.15) is 36.5 Å². The molecule has 0 bridgehead atoms. The summed E-state index contributed by atoms with van der Waals surface area (Å²) in [5, 5.41) is 11.3. The van der Waals surface area contributed by atoms with Crippen molar-refractivity contribution in [3.63, 3.8) is 0 Å². The molecule has 0 saturated carbocycles. The number of carboxylic acid groups (broad SMARTS) is 1. The van der Waals surface area contributed by atoms with Crippen LogP contribution < -0.4 is 10.2 Å². The quantitative estimate of drug-likeness (QED) is 0.858. The molecule has 1 aliphatic heterocycles. The molecule has 1 heterocycles. The van der Waals surface area contributed by atoms with Gasteiger partial charge in [0.25, 0.3) is 5.91 Å². The van der Waals surface area contributed by atoms with Crippen molar-refractivity contribution in [2.45, 2.75) is 32.2 Å². The lowest BCUT2D eigenvalue weighted by molar-refractivity contribution is -0.137. The van der Waals surface area contributed by atoms with E-state index in [4.69, 9.17) is 5.11 Å². The SMILES string of the molecule is CC(CC(=O)O)NC(=O)c1ccc(N2CCCC2=O)cc1. The molecule has 1 aromatic rings. The van der Waals surface area contributed by atoms with Gasteiger partial charge in [0.05, 0.1) is 6.42 Å². The minimum Gasteiger partial charge on any atom is -0.481 e. The third kappa shape index (κ3) is 3.81. The first kappa shape index (κ1) is 15.0. The number of amides is 2. The van der Waals surface area contributed by atoms with E-state index in [1.54, 1.807) is 36.1 Å². The maximum atomic E-state index is 11.9. The van der Waals surface area contributed by atoms with Crippen LogP contribution in [0.25, 0.3) is 0 Å². The summed E-state index contributed by atoms with van der Waals surface area (Å²) in [4.78, 5) is 35.8. The topological polar surface area (TPSA) is 86.7 Å². The Kier molecular flexibility index (Phi) is 4.57. The number of carboxylic acids is 1. The Morgan fingerprint density at radius 3 is 2.52 bits per heavy atom. The molecule has 1 aliphatic rings. The number of benzene rings is 1. The zero-order valence-corrected chi connectivity index (χ0v) is 11.8. The van der Waals surface area contributed by atoms with E-state index in [1.165, 1.54) is 0 Å². The molecule has 1 aromatic carbocycles. The third-order valence-corrected chi connectivity index (χ3v) is 3.37. The number of hydrogen-bond donors (Lipinski definition) is 2. The minimum atomic E-state index is -0.953. The van der Waals surface area contributed by atoms with Gasteiger partial charge in [-0.25, -0.2) is 0 Å². The van der Waals surface area contributed by atoms with E-state index in [1.807, 2.05) is 0 Å². The van der Waals surface area contributed by atoms with Crippen LogP contribution in [0.5, 0.6) is 0 Å². The van der Waals surface area contributed by atoms with Crippen LogP contribution in [-0.2, 0) is 9.59 Å². The Labute approximate surface area is 122 Å². The molecular formula is C15H18N2O4. The highest BCUT2D eigenvalue weighted by molar-refractivity contribution is 5.97. The van der Waals surface area contributed by atoms with Gasteiger partial charge in [-0.05, 0) is 37.6 Å². The van der Waals surface area contributed by atoms with Crippen molar-refractivity contribution in [2.75, 3.05) is 11.4 Å². The summed E-state index contributed by atoms with van der Waals surface area (Å²) in [5.41, 5.74) is 1.23. The molecule has 2 N–H and O–H groups in total. The third-order valence-electron chi connectivity index (χ3n) is 3.37. The fourth-order valence-electron chi connectivity index (χ4n) is 2.33. The molecule has 0 aromatic heterocycles. The second-order valence-electron chi connectivity index (χ2n) is 5.17. The molecule has 0 spiro atoms. The number of anilines is 1. The van der Waals surface area contributed by atoms with Gasteiger partial charge in [-0.3, -0.25) is 14.4 Å². The number of aliphatic carboxylic acids is 1. The normalized spacial score (nSPS) is 15.9. The molecular weight excluding hydrogens is 272 g/mol. The Hall–Kier alpha value is -2.37. The Morgan fingerprint density at radius 2 is 2.00 bits per heavy atom. The highest BCUT2D eigenvalue weighted by atomic mass is 16.4. The maximum absolute atomic E-state index is 11.9. The van der Waals surface area contributed by atoms with Crippen LogP contribution in [-0.4, -0.2) is 35.5 Å². The standard InChI is InChI=1S/C15H18N2O4/c1-10(9-14(19)20)16-15(21)11-4-6-12(7-5-11)17-8-2-3-13(17)18/h4-7,10H,2-3,8-9H2,1H3,(H,16,21)(H,19,20). The Balaban J connectivity index is 1.99. The van der Waals surface area contributed by atoms with E-state index in [-0.39, 0.29) is 18.2 Å². The molecule has 1 fully saturated rings. The van der Waals surface area contributed by atoms with E-state index in [0.717, 1.165) is 12.1 Å².